The number of benzene rings is 2. The summed E-state index contributed by atoms with van der Waals surface area (Å²) in [5.41, 5.74) is 1.63. The van der Waals surface area contributed by atoms with E-state index in [0.29, 0.717) is 26.2 Å². The first-order chi connectivity index (χ1) is 12.9. The monoisotopic (exact) mass is 420 g/mol. The molecule has 0 atom stereocenters. The molecule has 27 heavy (non-hydrogen) atoms. The molecule has 0 fully saturated rings. The molecule has 8 heteroatoms. The highest BCUT2D eigenvalue weighted by Gasteiger charge is 2.20. The van der Waals surface area contributed by atoms with Gasteiger partial charge in [-0.1, -0.05) is 47.5 Å². The van der Waals surface area contributed by atoms with Crippen LogP contribution in [0.15, 0.2) is 54.6 Å². The molecule has 0 saturated heterocycles. The standard InChI is InChI=1S/C19H14Cl2N2O3S/c1-23(12-5-3-2-4-6-12)19(26)22-15-10-16(27-17(15)18(24)25)11-7-8-13(20)14(21)9-11/h2-10H,1H3,(H,22,26)(H,24,25). The summed E-state index contributed by atoms with van der Waals surface area (Å²) < 4.78 is 0. The number of hydrogen-bond acceptors (Lipinski definition) is 3. The van der Waals surface area contributed by atoms with Crippen LogP contribution >= 0.6 is 34.5 Å². The van der Waals surface area contributed by atoms with Crippen molar-refractivity contribution in [2.45, 2.75) is 0 Å². The van der Waals surface area contributed by atoms with Gasteiger partial charge in [0.1, 0.15) is 4.88 Å². The minimum absolute atomic E-state index is 0.0332. The van der Waals surface area contributed by atoms with Crippen molar-refractivity contribution in [3.8, 4) is 10.4 Å². The van der Waals surface area contributed by atoms with Gasteiger partial charge in [0.15, 0.2) is 0 Å². The number of carbonyl (C=O) groups excluding carboxylic acids is 1. The molecule has 0 spiro atoms. The van der Waals surface area contributed by atoms with Crippen LogP contribution in [0.3, 0.4) is 0 Å². The van der Waals surface area contributed by atoms with Crippen LogP contribution in [-0.2, 0) is 0 Å². The number of anilines is 2. The molecule has 2 amide bonds. The normalized spacial score (nSPS) is 10.5. The van der Waals surface area contributed by atoms with Crippen LogP contribution < -0.4 is 10.2 Å². The largest absolute Gasteiger partial charge is 0.477 e. The zero-order valence-electron chi connectivity index (χ0n) is 14.1. The second-order valence-electron chi connectivity index (χ2n) is 5.61. The lowest BCUT2D eigenvalue weighted by atomic mass is 10.2. The van der Waals surface area contributed by atoms with Gasteiger partial charge in [-0.2, -0.15) is 0 Å². The maximum absolute atomic E-state index is 12.5. The van der Waals surface area contributed by atoms with Gasteiger partial charge >= 0.3 is 12.0 Å². The molecule has 0 unspecified atom stereocenters. The van der Waals surface area contributed by atoms with Crippen LogP contribution in [0.25, 0.3) is 10.4 Å². The summed E-state index contributed by atoms with van der Waals surface area (Å²) in [6.45, 7) is 0. The first kappa shape index (κ1) is 19.2. The Bertz CT molecular complexity index is 1010. The Kier molecular flexibility index (Phi) is 5.70. The molecule has 0 aliphatic carbocycles. The summed E-state index contributed by atoms with van der Waals surface area (Å²) in [5.74, 6) is -1.12. The Morgan fingerprint density at radius 2 is 1.74 bits per heavy atom. The maximum Gasteiger partial charge on any atom is 0.348 e. The third-order valence-electron chi connectivity index (χ3n) is 3.82. The second-order valence-corrected chi connectivity index (χ2v) is 7.48. The van der Waals surface area contributed by atoms with Crippen molar-refractivity contribution in [2.75, 3.05) is 17.3 Å². The smallest absolute Gasteiger partial charge is 0.348 e. The van der Waals surface area contributed by atoms with E-state index in [9.17, 15) is 14.7 Å². The molecule has 0 bridgehead atoms. The molecule has 0 aliphatic rings. The number of rotatable bonds is 4. The zero-order chi connectivity index (χ0) is 19.6. The number of nitrogens with one attached hydrogen (secondary N) is 1. The number of carboxylic acids is 1. The van der Waals surface area contributed by atoms with Gasteiger partial charge in [-0.3, -0.25) is 4.90 Å². The Morgan fingerprint density at radius 1 is 1.04 bits per heavy atom. The summed E-state index contributed by atoms with van der Waals surface area (Å²) >= 11 is 13.0. The first-order valence-corrected chi connectivity index (χ1v) is 9.36. The average molecular weight is 421 g/mol. The number of para-hydroxylation sites is 1. The molecule has 5 nitrogen and oxygen atoms in total. The van der Waals surface area contributed by atoms with Crippen molar-refractivity contribution >= 4 is 57.9 Å². The number of aromatic carboxylic acids is 1. The van der Waals surface area contributed by atoms with Crippen LogP contribution in [0.4, 0.5) is 16.2 Å². The predicted octanol–water partition coefficient (Wildman–Crippen LogP) is 6.09. The van der Waals surface area contributed by atoms with E-state index in [0.717, 1.165) is 11.3 Å². The quantitative estimate of drug-likeness (QED) is 0.536. The van der Waals surface area contributed by atoms with Gasteiger partial charge in [0.25, 0.3) is 0 Å². The summed E-state index contributed by atoms with van der Waals surface area (Å²) in [4.78, 5) is 26.2. The predicted molar refractivity (Wildman–Crippen MR) is 111 cm³/mol. The van der Waals surface area contributed by atoms with Gasteiger partial charge in [0, 0.05) is 17.6 Å². The lowest BCUT2D eigenvalue weighted by Crippen LogP contribution is -2.31. The van der Waals surface area contributed by atoms with Crippen molar-refractivity contribution in [3.63, 3.8) is 0 Å². The Balaban J connectivity index is 1.90. The number of carbonyl (C=O) groups is 2. The number of carboxylic acid groups (broad SMARTS) is 1. The second kappa shape index (κ2) is 8.00. The molecule has 0 radical (unpaired) electrons. The van der Waals surface area contributed by atoms with Crippen LogP contribution in [0.5, 0.6) is 0 Å². The maximum atomic E-state index is 12.5. The summed E-state index contributed by atoms with van der Waals surface area (Å²) in [6.07, 6.45) is 0. The molecule has 1 heterocycles. The van der Waals surface area contributed by atoms with E-state index in [1.165, 1.54) is 4.90 Å². The topological polar surface area (TPSA) is 69.6 Å². The molecular weight excluding hydrogens is 407 g/mol. The summed E-state index contributed by atoms with van der Waals surface area (Å²) in [7, 11) is 1.61. The van der Waals surface area contributed by atoms with E-state index in [4.69, 9.17) is 23.2 Å². The number of amides is 2. The Hall–Kier alpha value is -2.54. The van der Waals surface area contributed by atoms with Crippen molar-refractivity contribution in [2.24, 2.45) is 0 Å². The van der Waals surface area contributed by atoms with Crippen LogP contribution in [-0.4, -0.2) is 24.2 Å². The van der Waals surface area contributed by atoms with E-state index < -0.39 is 12.0 Å². The number of nitrogens with zero attached hydrogens (tertiary/aromatic N) is 1. The summed E-state index contributed by atoms with van der Waals surface area (Å²) in [5, 5.41) is 12.9. The van der Waals surface area contributed by atoms with Crippen LogP contribution in [0.1, 0.15) is 9.67 Å². The van der Waals surface area contributed by atoms with Crippen molar-refractivity contribution in [1.82, 2.24) is 0 Å². The average Bonchev–Trinajstić information content (AvgIpc) is 3.08. The van der Waals surface area contributed by atoms with Crippen molar-refractivity contribution < 1.29 is 14.7 Å². The Labute approximate surface area is 169 Å². The van der Waals surface area contributed by atoms with Gasteiger partial charge in [0.2, 0.25) is 0 Å². The first-order valence-electron chi connectivity index (χ1n) is 7.79. The van der Waals surface area contributed by atoms with Gasteiger partial charge in [0.05, 0.1) is 15.7 Å². The zero-order valence-corrected chi connectivity index (χ0v) is 16.4. The number of urea groups is 1. The van der Waals surface area contributed by atoms with Crippen molar-refractivity contribution in [1.29, 1.82) is 0 Å². The molecular formula is C19H14Cl2N2O3S. The molecule has 2 N–H and O–H groups in total. The number of thiophene rings is 1. The highest BCUT2D eigenvalue weighted by Crippen LogP contribution is 2.37. The van der Waals surface area contributed by atoms with E-state index in [-0.39, 0.29) is 10.6 Å². The molecule has 3 rings (SSSR count). The fourth-order valence-corrected chi connectivity index (χ4v) is 3.65. The van der Waals surface area contributed by atoms with Gasteiger partial charge < -0.3 is 10.4 Å². The van der Waals surface area contributed by atoms with E-state index >= 15 is 0 Å². The SMILES string of the molecule is CN(C(=O)Nc1cc(-c2ccc(Cl)c(Cl)c2)sc1C(=O)O)c1ccccc1. The van der Waals surface area contributed by atoms with E-state index in [1.54, 1.807) is 43.4 Å². The minimum Gasteiger partial charge on any atom is -0.477 e. The lowest BCUT2D eigenvalue weighted by Gasteiger charge is -2.17. The Morgan fingerprint density at radius 3 is 2.37 bits per heavy atom. The number of halogens is 2. The molecule has 2 aromatic carbocycles. The van der Waals surface area contributed by atoms with Gasteiger partial charge in [-0.15, -0.1) is 11.3 Å². The fraction of sp³-hybridized carbons (Fsp3) is 0.0526. The third-order valence-corrected chi connectivity index (χ3v) is 5.73. The molecule has 0 aliphatic heterocycles. The molecule has 3 aromatic rings. The van der Waals surface area contributed by atoms with Crippen LogP contribution in [0.2, 0.25) is 10.0 Å². The van der Waals surface area contributed by atoms with E-state index in [2.05, 4.69) is 5.32 Å². The van der Waals surface area contributed by atoms with Gasteiger partial charge in [-0.05, 0) is 35.9 Å². The minimum atomic E-state index is -1.12. The highest BCUT2D eigenvalue weighted by molar-refractivity contribution is 7.18. The molecule has 1 aromatic heterocycles. The number of hydrogen-bond donors (Lipinski definition) is 2. The molecule has 0 saturated carbocycles. The summed E-state index contributed by atoms with van der Waals surface area (Å²) in [6, 6.07) is 15.3. The van der Waals surface area contributed by atoms with Crippen molar-refractivity contribution in [3.05, 3.63) is 69.5 Å². The molecule has 138 valence electrons. The third kappa shape index (κ3) is 4.24. The lowest BCUT2D eigenvalue weighted by molar-refractivity contribution is 0.0703. The fourth-order valence-electron chi connectivity index (χ4n) is 2.40. The van der Waals surface area contributed by atoms with E-state index in [1.807, 2.05) is 18.2 Å². The van der Waals surface area contributed by atoms with Gasteiger partial charge in [-0.25, -0.2) is 9.59 Å². The van der Waals surface area contributed by atoms with Crippen LogP contribution in [0, 0.1) is 0 Å². The highest BCUT2D eigenvalue weighted by atomic mass is 35.5.